The van der Waals surface area contributed by atoms with E-state index in [1.54, 1.807) is 0 Å². The van der Waals surface area contributed by atoms with Gasteiger partial charge in [0, 0.05) is 18.5 Å². The molecule has 1 aromatic rings. The summed E-state index contributed by atoms with van der Waals surface area (Å²) in [6.07, 6.45) is 4.81. The average molecular weight is 260 g/mol. The van der Waals surface area contributed by atoms with Gasteiger partial charge in [0.1, 0.15) is 0 Å². The summed E-state index contributed by atoms with van der Waals surface area (Å²) in [5.41, 5.74) is 8.44. The van der Waals surface area contributed by atoms with Gasteiger partial charge in [0.25, 0.3) is 0 Å². The second-order valence-electron chi connectivity index (χ2n) is 5.62. The first kappa shape index (κ1) is 14.1. The number of amides is 1. The SMILES string of the molecule is CC(N)CCCNC(=O)C1CCc2ccccc2C1. The van der Waals surface area contributed by atoms with Gasteiger partial charge in [0.2, 0.25) is 5.91 Å². The van der Waals surface area contributed by atoms with Crippen LogP contribution in [0.5, 0.6) is 0 Å². The van der Waals surface area contributed by atoms with Crippen molar-refractivity contribution in [1.82, 2.24) is 5.32 Å². The summed E-state index contributed by atoms with van der Waals surface area (Å²) in [6.45, 7) is 2.75. The fourth-order valence-corrected chi connectivity index (χ4v) is 2.70. The van der Waals surface area contributed by atoms with Crippen molar-refractivity contribution in [3.8, 4) is 0 Å². The second kappa shape index (κ2) is 6.71. The smallest absolute Gasteiger partial charge is 0.223 e. The summed E-state index contributed by atoms with van der Waals surface area (Å²) in [6, 6.07) is 8.67. The molecule has 2 unspecified atom stereocenters. The number of aryl methyl sites for hydroxylation is 1. The van der Waals surface area contributed by atoms with Crippen LogP contribution < -0.4 is 11.1 Å². The molecule has 0 bridgehead atoms. The van der Waals surface area contributed by atoms with Crippen molar-refractivity contribution >= 4 is 5.91 Å². The van der Waals surface area contributed by atoms with Crippen LogP contribution in [0.2, 0.25) is 0 Å². The normalized spacial score (nSPS) is 19.6. The van der Waals surface area contributed by atoms with Crippen LogP contribution in [0.3, 0.4) is 0 Å². The fourth-order valence-electron chi connectivity index (χ4n) is 2.70. The lowest BCUT2D eigenvalue weighted by Gasteiger charge is -2.23. The number of carbonyl (C=O) groups is 1. The van der Waals surface area contributed by atoms with E-state index in [1.807, 2.05) is 6.92 Å². The molecule has 0 saturated carbocycles. The Bertz CT molecular complexity index is 429. The minimum absolute atomic E-state index is 0.144. The topological polar surface area (TPSA) is 55.1 Å². The van der Waals surface area contributed by atoms with E-state index in [1.165, 1.54) is 11.1 Å². The summed E-state index contributed by atoms with van der Waals surface area (Å²) in [4.78, 5) is 12.1. The van der Waals surface area contributed by atoms with Crippen molar-refractivity contribution in [2.45, 2.75) is 45.1 Å². The standard InChI is InChI=1S/C16H24N2O/c1-12(17)5-4-10-18-16(19)15-9-8-13-6-2-3-7-14(13)11-15/h2-3,6-7,12,15H,4-5,8-11,17H2,1H3,(H,18,19). The van der Waals surface area contributed by atoms with Crippen LogP contribution in [-0.2, 0) is 17.6 Å². The minimum Gasteiger partial charge on any atom is -0.356 e. The number of nitrogens with one attached hydrogen (secondary N) is 1. The Labute approximate surface area is 115 Å². The zero-order chi connectivity index (χ0) is 13.7. The van der Waals surface area contributed by atoms with Crippen molar-refractivity contribution in [3.05, 3.63) is 35.4 Å². The Morgan fingerprint density at radius 1 is 1.42 bits per heavy atom. The fraction of sp³-hybridized carbons (Fsp3) is 0.562. The number of benzene rings is 1. The van der Waals surface area contributed by atoms with Crippen LogP contribution in [0.4, 0.5) is 0 Å². The first-order valence-electron chi connectivity index (χ1n) is 7.27. The molecule has 2 atom stereocenters. The Balaban J connectivity index is 1.79. The van der Waals surface area contributed by atoms with Gasteiger partial charge in [-0.2, -0.15) is 0 Å². The Morgan fingerprint density at radius 2 is 2.16 bits per heavy atom. The molecule has 0 aromatic heterocycles. The van der Waals surface area contributed by atoms with Gasteiger partial charge in [-0.1, -0.05) is 24.3 Å². The van der Waals surface area contributed by atoms with Crippen LogP contribution in [-0.4, -0.2) is 18.5 Å². The molecule has 1 aliphatic rings. The molecule has 3 N–H and O–H groups in total. The number of carbonyl (C=O) groups excluding carboxylic acids is 1. The molecule has 0 fully saturated rings. The average Bonchev–Trinajstić information content (AvgIpc) is 2.42. The molecule has 0 spiro atoms. The third-order valence-electron chi connectivity index (χ3n) is 3.85. The van der Waals surface area contributed by atoms with Gasteiger partial charge < -0.3 is 11.1 Å². The molecule has 2 rings (SSSR count). The highest BCUT2D eigenvalue weighted by molar-refractivity contribution is 5.79. The maximum Gasteiger partial charge on any atom is 0.223 e. The van der Waals surface area contributed by atoms with E-state index in [0.29, 0.717) is 0 Å². The van der Waals surface area contributed by atoms with Crippen molar-refractivity contribution in [2.24, 2.45) is 11.7 Å². The molecule has 3 heteroatoms. The number of nitrogens with two attached hydrogens (primary N) is 1. The van der Waals surface area contributed by atoms with Crippen LogP contribution in [0.25, 0.3) is 0 Å². The van der Waals surface area contributed by atoms with Crippen molar-refractivity contribution < 1.29 is 4.79 Å². The van der Waals surface area contributed by atoms with Gasteiger partial charge in [0.15, 0.2) is 0 Å². The summed E-state index contributed by atoms with van der Waals surface area (Å²) in [7, 11) is 0. The van der Waals surface area contributed by atoms with Gasteiger partial charge in [-0.25, -0.2) is 0 Å². The van der Waals surface area contributed by atoms with Gasteiger partial charge in [-0.15, -0.1) is 0 Å². The molecule has 0 saturated heterocycles. The first-order chi connectivity index (χ1) is 9.16. The van der Waals surface area contributed by atoms with E-state index in [2.05, 4.69) is 29.6 Å². The van der Waals surface area contributed by atoms with E-state index in [0.717, 1.165) is 38.6 Å². The molecule has 104 valence electrons. The zero-order valence-electron chi connectivity index (χ0n) is 11.7. The maximum absolute atomic E-state index is 12.1. The highest BCUT2D eigenvalue weighted by Gasteiger charge is 2.23. The lowest BCUT2D eigenvalue weighted by molar-refractivity contribution is -0.125. The Kier molecular flexibility index (Phi) is 4.97. The number of rotatable bonds is 5. The van der Waals surface area contributed by atoms with E-state index >= 15 is 0 Å². The molecule has 1 amide bonds. The molecule has 1 aliphatic carbocycles. The van der Waals surface area contributed by atoms with E-state index < -0.39 is 0 Å². The Morgan fingerprint density at radius 3 is 2.89 bits per heavy atom. The Hall–Kier alpha value is -1.35. The largest absolute Gasteiger partial charge is 0.356 e. The highest BCUT2D eigenvalue weighted by atomic mass is 16.1. The quantitative estimate of drug-likeness (QED) is 0.796. The second-order valence-corrected chi connectivity index (χ2v) is 5.62. The molecule has 19 heavy (non-hydrogen) atoms. The van der Waals surface area contributed by atoms with Crippen LogP contribution in [0.1, 0.15) is 37.3 Å². The summed E-state index contributed by atoms with van der Waals surface area (Å²) >= 11 is 0. The van der Waals surface area contributed by atoms with Gasteiger partial charge in [0.05, 0.1) is 0 Å². The van der Waals surface area contributed by atoms with Crippen molar-refractivity contribution in [1.29, 1.82) is 0 Å². The van der Waals surface area contributed by atoms with Crippen LogP contribution >= 0.6 is 0 Å². The summed E-state index contributed by atoms with van der Waals surface area (Å²) in [5.74, 6) is 0.351. The molecule has 0 heterocycles. The number of hydrogen-bond donors (Lipinski definition) is 2. The molecule has 1 aromatic carbocycles. The number of fused-ring (bicyclic) bond motifs is 1. The predicted octanol–water partition coefficient (Wildman–Crippen LogP) is 2.04. The minimum atomic E-state index is 0.144. The summed E-state index contributed by atoms with van der Waals surface area (Å²) in [5, 5.41) is 3.04. The van der Waals surface area contributed by atoms with Crippen molar-refractivity contribution in [3.63, 3.8) is 0 Å². The van der Waals surface area contributed by atoms with E-state index in [9.17, 15) is 4.79 Å². The summed E-state index contributed by atoms with van der Waals surface area (Å²) < 4.78 is 0. The molecule has 0 radical (unpaired) electrons. The maximum atomic E-state index is 12.1. The first-order valence-corrected chi connectivity index (χ1v) is 7.27. The number of hydrogen-bond acceptors (Lipinski definition) is 2. The highest BCUT2D eigenvalue weighted by Crippen LogP contribution is 2.25. The lowest BCUT2D eigenvalue weighted by Crippen LogP contribution is -2.35. The third-order valence-corrected chi connectivity index (χ3v) is 3.85. The third kappa shape index (κ3) is 4.06. The van der Waals surface area contributed by atoms with E-state index in [4.69, 9.17) is 5.73 Å². The molecule has 0 aliphatic heterocycles. The van der Waals surface area contributed by atoms with Crippen molar-refractivity contribution in [2.75, 3.05) is 6.54 Å². The van der Waals surface area contributed by atoms with E-state index in [-0.39, 0.29) is 17.9 Å². The lowest BCUT2D eigenvalue weighted by atomic mass is 9.83. The van der Waals surface area contributed by atoms with Gasteiger partial charge in [-0.3, -0.25) is 4.79 Å². The molecule has 3 nitrogen and oxygen atoms in total. The zero-order valence-corrected chi connectivity index (χ0v) is 11.7. The molecular formula is C16H24N2O. The van der Waals surface area contributed by atoms with Gasteiger partial charge in [-0.05, 0) is 50.2 Å². The molecular weight excluding hydrogens is 236 g/mol. The van der Waals surface area contributed by atoms with Crippen LogP contribution in [0.15, 0.2) is 24.3 Å². The van der Waals surface area contributed by atoms with Crippen LogP contribution in [0, 0.1) is 5.92 Å². The predicted molar refractivity (Wildman–Crippen MR) is 77.9 cm³/mol. The monoisotopic (exact) mass is 260 g/mol. The van der Waals surface area contributed by atoms with Gasteiger partial charge >= 0.3 is 0 Å².